The van der Waals surface area contributed by atoms with Gasteiger partial charge in [0.25, 0.3) is 0 Å². The number of nitrogens with zero attached hydrogens (tertiary/aromatic N) is 1. The topological polar surface area (TPSA) is 32.3 Å². The molecule has 15 heavy (non-hydrogen) atoms. The van der Waals surface area contributed by atoms with Crippen molar-refractivity contribution < 1.29 is 4.79 Å². The largest absolute Gasteiger partial charge is 0.337 e. The summed E-state index contributed by atoms with van der Waals surface area (Å²) < 4.78 is 0. The molecular formula is C12H24N2O. The van der Waals surface area contributed by atoms with Crippen LogP contribution in [0.3, 0.4) is 0 Å². The molecule has 88 valence electrons. The highest BCUT2D eigenvalue weighted by atomic mass is 16.2. The lowest BCUT2D eigenvalue weighted by atomic mass is 10.1. The lowest BCUT2D eigenvalue weighted by molar-refractivity contribution is -0.134. The summed E-state index contributed by atoms with van der Waals surface area (Å²) in [6.07, 6.45) is 5.49. The molecule has 1 atom stereocenters. The van der Waals surface area contributed by atoms with Crippen LogP contribution in [0.2, 0.25) is 0 Å². The van der Waals surface area contributed by atoms with E-state index in [1.807, 2.05) is 4.90 Å². The van der Waals surface area contributed by atoms with Crippen LogP contribution in [0.25, 0.3) is 0 Å². The Hall–Kier alpha value is -0.570. The first-order valence-corrected chi connectivity index (χ1v) is 6.26. The molecule has 1 amide bonds. The molecule has 0 bridgehead atoms. The highest BCUT2D eigenvalue weighted by Gasteiger charge is 2.21. The van der Waals surface area contributed by atoms with Gasteiger partial charge in [0.2, 0.25) is 5.91 Å². The number of nitrogens with one attached hydrogen (secondary N) is 1. The van der Waals surface area contributed by atoms with E-state index in [4.69, 9.17) is 0 Å². The minimum atomic E-state index is 0.347. The number of hydrogen-bond donors (Lipinski definition) is 1. The van der Waals surface area contributed by atoms with Crippen molar-refractivity contribution in [2.45, 2.75) is 52.0 Å². The first-order chi connectivity index (χ1) is 7.25. The second kappa shape index (κ2) is 6.83. The van der Waals surface area contributed by atoms with Crippen LogP contribution in [0.1, 0.15) is 46.0 Å². The number of carbonyl (C=O) groups excluding carboxylic acids is 1. The number of hydrogen-bond acceptors (Lipinski definition) is 2. The molecule has 3 heteroatoms. The summed E-state index contributed by atoms with van der Waals surface area (Å²) in [5.74, 6) is 0.347. The van der Waals surface area contributed by atoms with Gasteiger partial charge < -0.3 is 10.2 Å². The third kappa shape index (κ3) is 4.20. The Morgan fingerprint density at radius 2 is 2.20 bits per heavy atom. The van der Waals surface area contributed by atoms with Crippen LogP contribution in [0, 0.1) is 0 Å². The summed E-state index contributed by atoms with van der Waals surface area (Å²) in [4.78, 5) is 13.9. The maximum atomic E-state index is 11.9. The molecule has 3 nitrogen and oxygen atoms in total. The fourth-order valence-corrected chi connectivity index (χ4v) is 2.06. The second-order valence-corrected chi connectivity index (χ2v) is 4.45. The maximum absolute atomic E-state index is 11.9. The molecule has 1 N–H and O–H groups in total. The molecule has 0 aliphatic carbocycles. The van der Waals surface area contributed by atoms with Gasteiger partial charge >= 0.3 is 0 Å². The molecule has 0 saturated carbocycles. The van der Waals surface area contributed by atoms with Crippen LogP contribution in [-0.2, 0) is 4.79 Å². The van der Waals surface area contributed by atoms with Crippen LogP contribution in [0.15, 0.2) is 0 Å². The molecule has 0 spiro atoms. The van der Waals surface area contributed by atoms with Crippen molar-refractivity contribution in [3.8, 4) is 0 Å². The van der Waals surface area contributed by atoms with E-state index in [0.717, 1.165) is 32.5 Å². The van der Waals surface area contributed by atoms with Crippen LogP contribution >= 0.6 is 0 Å². The summed E-state index contributed by atoms with van der Waals surface area (Å²) in [6.45, 7) is 7.09. The molecule has 1 aliphatic rings. The van der Waals surface area contributed by atoms with Gasteiger partial charge in [0.05, 0.1) is 0 Å². The average Bonchev–Trinajstić information content (AvgIpc) is 2.25. The minimum absolute atomic E-state index is 0.347. The molecule has 1 fully saturated rings. The van der Waals surface area contributed by atoms with Gasteiger partial charge in [0, 0.05) is 32.1 Å². The highest BCUT2D eigenvalue weighted by molar-refractivity contribution is 5.76. The zero-order valence-electron chi connectivity index (χ0n) is 10.1. The van der Waals surface area contributed by atoms with Gasteiger partial charge in [-0.3, -0.25) is 4.79 Å². The van der Waals surface area contributed by atoms with Gasteiger partial charge in [-0.05, 0) is 13.3 Å². The molecular weight excluding hydrogens is 188 g/mol. The Kier molecular flexibility index (Phi) is 5.69. The van der Waals surface area contributed by atoms with Gasteiger partial charge in [-0.15, -0.1) is 0 Å². The van der Waals surface area contributed by atoms with Crippen molar-refractivity contribution in [1.82, 2.24) is 10.2 Å². The molecule has 0 aromatic heterocycles. The van der Waals surface area contributed by atoms with E-state index in [1.165, 1.54) is 19.3 Å². The monoisotopic (exact) mass is 212 g/mol. The van der Waals surface area contributed by atoms with E-state index in [-0.39, 0.29) is 0 Å². The van der Waals surface area contributed by atoms with Crippen molar-refractivity contribution in [1.29, 1.82) is 0 Å². The SMILES string of the molecule is CCCCCCC(=O)N1CCNC[C@@H]1C. The van der Waals surface area contributed by atoms with Crippen molar-refractivity contribution >= 4 is 5.91 Å². The van der Waals surface area contributed by atoms with Crippen LogP contribution in [0.4, 0.5) is 0 Å². The molecule has 0 aromatic carbocycles. The highest BCUT2D eigenvalue weighted by Crippen LogP contribution is 2.09. The summed E-state index contributed by atoms with van der Waals surface area (Å²) in [5.41, 5.74) is 0. The molecule has 1 rings (SSSR count). The summed E-state index contributed by atoms with van der Waals surface area (Å²) >= 11 is 0. The van der Waals surface area contributed by atoms with Gasteiger partial charge in [0.15, 0.2) is 0 Å². The zero-order valence-corrected chi connectivity index (χ0v) is 10.1. The van der Waals surface area contributed by atoms with Crippen molar-refractivity contribution in [2.75, 3.05) is 19.6 Å². The lowest BCUT2D eigenvalue weighted by Crippen LogP contribution is -2.52. The van der Waals surface area contributed by atoms with Crippen LogP contribution in [-0.4, -0.2) is 36.5 Å². The summed E-state index contributed by atoms with van der Waals surface area (Å²) in [5, 5.41) is 3.30. The predicted molar refractivity (Wildman–Crippen MR) is 62.8 cm³/mol. The lowest BCUT2D eigenvalue weighted by Gasteiger charge is -2.34. The number of unbranched alkanes of at least 4 members (excludes halogenated alkanes) is 3. The smallest absolute Gasteiger partial charge is 0.222 e. The van der Waals surface area contributed by atoms with E-state index in [9.17, 15) is 4.79 Å². The number of amides is 1. The zero-order chi connectivity index (χ0) is 11.1. The Labute approximate surface area is 93.2 Å². The van der Waals surface area contributed by atoms with Gasteiger partial charge in [-0.2, -0.15) is 0 Å². The molecule has 1 saturated heterocycles. The van der Waals surface area contributed by atoms with Crippen molar-refractivity contribution in [3.05, 3.63) is 0 Å². The molecule has 0 radical (unpaired) electrons. The first kappa shape index (κ1) is 12.5. The normalized spacial score (nSPS) is 21.7. The third-order valence-corrected chi connectivity index (χ3v) is 3.07. The quantitative estimate of drug-likeness (QED) is 0.705. The van der Waals surface area contributed by atoms with Crippen LogP contribution < -0.4 is 5.32 Å². The van der Waals surface area contributed by atoms with Crippen LogP contribution in [0.5, 0.6) is 0 Å². The number of carbonyl (C=O) groups is 1. The van der Waals surface area contributed by atoms with E-state index < -0.39 is 0 Å². The van der Waals surface area contributed by atoms with E-state index in [1.54, 1.807) is 0 Å². The number of rotatable bonds is 5. The molecule has 1 aliphatic heterocycles. The standard InChI is InChI=1S/C12H24N2O/c1-3-4-5-6-7-12(15)14-9-8-13-10-11(14)2/h11,13H,3-10H2,1-2H3/t11-/m0/s1. The molecule has 0 unspecified atom stereocenters. The van der Waals surface area contributed by atoms with Crippen molar-refractivity contribution in [3.63, 3.8) is 0 Å². The van der Waals surface area contributed by atoms with Crippen molar-refractivity contribution in [2.24, 2.45) is 0 Å². The maximum Gasteiger partial charge on any atom is 0.222 e. The van der Waals surface area contributed by atoms with Gasteiger partial charge in [0.1, 0.15) is 0 Å². The molecule has 0 aromatic rings. The van der Waals surface area contributed by atoms with Gasteiger partial charge in [-0.1, -0.05) is 26.2 Å². The Balaban J connectivity index is 2.20. The van der Waals surface area contributed by atoms with E-state index in [2.05, 4.69) is 19.2 Å². The van der Waals surface area contributed by atoms with E-state index >= 15 is 0 Å². The van der Waals surface area contributed by atoms with Gasteiger partial charge in [-0.25, -0.2) is 0 Å². The second-order valence-electron chi connectivity index (χ2n) is 4.45. The minimum Gasteiger partial charge on any atom is -0.337 e. The van der Waals surface area contributed by atoms with E-state index in [0.29, 0.717) is 11.9 Å². The fraction of sp³-hybridized carbons (Fsp3) is 0.917. The Morgan fingerprint density at radius 1 is 1.40 bits per heavy atom. The molecule has 1 heterocycles. The predicted octanol–water partition coefficient (Wildman–Crippen LogP) is 1.78. The first-order valence-electron chi connectivity index (χ1n) is 6.26. The third-order valence-electron chi connectivity index (χ3n) is 3.07. The Bertz CT molecular complexity index is 194. The number of piperazine rings is 1. The average molecular weight is 212 g/mol. The fourth-order valence-electron chi connectivity index (χ4n) is 2.06. The summed E-state index contributed by atoms with van der Waals surface area (Å²) in [6, 6.07) is 0.373. The summed E-state index contributed by atoms with van der Waals surface area (Å²) in [7, 11) is 0. The Morgan fingerprint density at radius 3 is 2.87 bits per heavy atom.